The van der Waals surface area contributed by atoms with Gasteiger partial charge in [-0.25, -0.2) is 4.79 Å². The Morgan fingerprint density at radius 3 is 1.87 bits per heavy atom. The molecule has 5 rings (SSSR count). The molecule has 0 saturated carbocycles. The van der Waals surface area contributed by atoms with Crippen molar-refractivity contribution in [3.05, 3.63) is 108 Å². The van der Waals surface area contributed by atoms with Crippen LogP contribution in [-0.4, -0.2) is 164 Å². The summed E-state index contributed by atoms with van der Waals surface area (Å²) in [4.78, 5) is 112. The highest BCUT2D eigenvalue weighted by molar-refractivity contribution is 8.76. The minimum absolute atomic E-state index is 0.0340. The summed E-state index contributed by atoms with van der Waals surface area (Å²) in [5.41, 5.74) is 15.0. The Bertz CT molecular complexity index is 2620. The van der Waals surface area contributed by atoms with Gasteiger partial charge in [-0.15, -0.1) is 0 Å². The molecule has 1 aromatic heterocycles. The molecule has 0 radical (unpaired) electrons. The molecule has 1 saturated heterocycles. The molecule has 27 heteroatoms. The van der Waals surface area contributed by atoms with Crippen LogP contribution in [0.25, 0.3) is 10.9 Å². The Labute approximate surface area is 455 Å². The highest BCUT2D eigenvalue weighted by Crippen LogP contribution is 2.24. The largest absolute Gasteiger partial charge is 0.490 e. The van der Waals surface area contributed by atoms with Gasteiger partial charge in [0.2, 0.25) is 41.4 Å². The molecule has 1 aliphatic rings. The van der Waals surface area contributed by atoms with E-state index in [0.717, 1.165) is 38.1 Å². The molecule has 22 nitrogen and oxygen atoms in total. The van der Waals surface area contributed by atoms with Crippen molar-refractivity contribution < 1.29 is 72.0 Å². The van der Waals surface area contributed by atoms with E-state index in [1.165, 1.54) is 13.8 Å². The molecule has 16 N–H and O–H groups in total. The Morgan fingerprint density at radius 1 is 0.731 bits per heavy atom. The van der Waals surface area contributed by atoms with Crippen molar-refractivity contribution in [1.82, 2.24) is 42.2 Å². The summed E-state index contributed by atoms with van der Waals surface area (Å²) in [6, 6.07) is 14.6. The van der Waals surface area contributed by atoms with E-state index in [1.807, 2.05) is 30.3 Å². The molecule has 2 heterocycles. The standard InChI is InChI=1S/C49H66N10O10S2.C2HF3O2/c1-28(61)39(25-60)56-48(68)41-27-71-70-26-40(57-43(63)34(51)21-30-13-5-3-6-14-30)47(67)54-37(22-31-15-7-4-8-16-31)45(65)55-38(23-32-24-52-35-18-10-9-17-33(32)35)46(66)53-36(19-11-12-20-50)44(64)59-42(29(2)62)49(69)58-41;3-2(4,5)1(6)7/h3-10,13-18,24,28-29,34,36-42,52,60-62H,11-12,19-23,25-27,50-51H2,1-2H3,(H,53,66)(H,54,67)(H,55,65)(H,56,68)(H,57,63)(H,58,69)(H,59,64);(H,6,7)/t28-,29?,34-,36+,37+,38-,39-,40+,41+,42+;/m1./s1. The van der Waals surface area contributed by atoms with Crippen LogP contribution >= 0.6 is 21.6 Å². The molecule has 3 aromatic carbocycles. The first-order chi connectivity index (χ1) is 37.0. The number of H-pyrrole nitrogens is 1. The monoisotopic (exact) mass is 1130 g/mol. The Balaban J connectivity index is 0.00000175. The van der Waals surface area contributed by atoms with Gasteiger partial charge in [0, 0.05) is 41.4 Å². The fourth-order valence-corrected chi connectivity index (χ4v) is 10.1. The molecule has 1 unspecified atom stereocenters. The highest BCUT2D eigenvalue weighted by atomic mass is 33.1. The number of carbonyl (C=O) groups excluding carboxylic acids is 7. The number of alkyl halides is 3. The van der Waals surface area contributed by atoms with Crippen LogP contribution in [-0.2, 0) is 57.6 Å². The SMILES string of the molecule is CC(O)[C@@H]1NC(=O)[C@H](CCCCN)NC(=O)[C@@H](Cc2c[nH]c3ccccc23)NC(=O)[C@H](Cc2ccccc2)NC(=O)[C@@H](NC(=O)[C@H](N)Cc2ccccc2)CSSC[C@@H](C(=O)N[C@H](CO)[C@@H](C)O)NC1=O.O=C(O)C(F)(F)F. The number of aliphatic hydroxyl groups is 3. The number of benzene rings is 3. The van der Waals surface area contributed by atoms with Crippen LogP contribution in [0.2, 0.25) is 0 Å². The summed E-state index contributed by atoms with van der Waals surface area (Å²) in [7, 11) is 2.06. The summed E-state index contributed by atoms with van der Waals surface area (Å²) in [5, 5.41) is 57.6. The molecule has 1 aliphatic heterocycles. The fourth-order valence-electron chi connectivity index (χ4n) is 7.73. The second-order valence-corrected chi connectivity index (χ2v) is 20.8. The topological polar surface area (TPSA) is 370 Å². The van der Waals surface area contributed by atoms with Gasteiger partial charge in [-0.3, -0.25) is 33.6 Å². The Kier molecular flexibility index (Phi) is 25.8. The third-order valence-corrected chi connectivity index (χ3v) is 14.5. The van der Waals surface area contributed by atoms with Crippen molar-refractivity contribution in [3.8, 4) is 0 Å². The van der Waals surface area contributed by atoms with E-state index in [-0.39, 0.29) is 43.7 Å². The summed E-state index contributed by atoms with van der Waals surface area (Å²) in [5.74, 6) is -8.77. The first kappa shape index (κ1) is 63.8. The van der Waals surface area contributed by atoms with E-state index in [0.29, 0.717) is 24.0 Å². The predicted molar refractivity (Wildman–Crippen MR) is 286 cm³/mol. The lowest BCUT2D eigenvalue weighted by Gasteiger charge is -2.29. The van der Waals surface area contributed by atoms with Gasteiger partial charge in [-0.2, -0.15) is 13.2 Å². The average Bonchev–Trinajstić information content (AvgIpc) is 3.82. The van der Waals surface area contributed by atoms with E-state index < -0.39 is 121 Å². The third kappa shape index (κ3) is 20.6. The van der Waals surface area contributed by atoms with E-state index in [2.05, 4.69) is 42.2 Å². The highest BCUT2D eigenvalue weighted by Gasteiger charge is 2.39. The number of carboxylic acid groups (broad SMARTS) is 1. The van der Waals surface area contributed by atoms with Crippen molar-refractivity contribution in [2.45, 2.75) is 119 Å². The van der Waals surface area contributed by atoms with Crippen LogP contribution in [0.3, 0.4) is 0 Å². The van der Waals surface area contributed by atoms with Crippen molar-refractivity contribution >= 4 is 79.8 Å². The molecular weight excluding hydrogens is 1070 g/mol. The molecule has 1 fully saturated rings. The number of aromatic nitrogens is 1. The summed E-state index contributed by atoms with van der Waals surface area (Å²) >= 11 is 0. The van der Waals surface area contributed by atoms with E-state index >= 15 is 0 Å². The van der Waals surface area contributed by atoms with Crippen LogP contribution in [0.4, 0.5) is 13.2 Å². The van der Waals surface area contributed by atoms with Gasteiger partial charge in [0.1, 0.15) is 36.3 Å². The molecule has 4 aromatic rings. The number of aliphatic hydroxyl groups excluding tert-OH is 3. The number of unbranched alkanes of at least 4 members (excludes halogenated alkanes) is 1. The zero-order valence-corrected chi connectivity index (χ0v) is 44.3. The number of halogens is 3. The molecule has 0 spiro atoms. The number of carboxylic acids is 1. The van der Waals surface area contributed by atoms with Gasteiger partial charge in [-0.05, 0) is 68.8 Å². The zero-order valence-electron chi connectivity index (χ0n) is 42.7. The lowest BCUT2D eigenvalue weighted by molar-refractivity contribution is -0.192. The number of nitrogens with one attached hydrogen (secondary N) is 8. The maximum atomic E-state index is 14.7. The molecule has 0 bridgehead atoms. The van der Waals surface area contributed by atoms with Crippen LogP contribution in [0.15, 0.2) is 91.1 Å². The van der Waals surface area contributed by atoms with Crippen molar-refractivity contribution in [1.29, 1.82) is 0 Å². The molecule has 0 aliphatic carbocycles. The number of aromatic amines is 1. The van der Waals surface area contributed by atoms with Crippen molar-refractivity contribution in [3.63, 3.8) is 0 Å². The number of rotatable bonds is 17. The van der Waals surface area contributed by atoms with Crippen molar-refractivity contribution in [2.75, 3.05) is 24.7 Å². The van der Waals surface area contributed by atoms with Gasteiger partial charge in [0.25, 0.3) is 0 Å². The number of nitrogens with two attached hydrogens (primary N) is 2. The lowest BCUT2D eigenvalue weighted by Crippen LogP contribution is -2.62. The molecule has 78 heavy (non-hydrogen) atoms. The molecule has 7 amide bonds. The number of para-hydroxylation sites is 1. The van der Waals surface area contributed by atoms with Crippen LogP contribution < -0.4 is 48.7 Å². The Hall–Kier alpha value is -6.75. The number of amides is 7. The maximum absolute atomic E-state index is 14.7. The van der Waals surface area contributed by atoms with Gasteiger partial charge in [-0.1, -0.05) is 100 Å². The number of fused-ring (bicyclic) bond motifs is 1. The lowest BCUT2D eigenvalue weighted by atomic mass is 10.0. The number of hydrogen-bond donors (Lipinski definition) is 14. The predicted octanol–water partition coefficient (Wildman–Crippen LogP) is -0.172. The third-order valence-electron chi connectivity index (χ3n) is 12.1. The quantitative estimate of drug-likeness (QED) is 0.0482. The molecule has 10 atom stereocenters. The minimum Gasteiger partial charge on any atom is -0.475 e. The van der Waals surface area contributed by atoms with E-state index in [9.17, 15) is 62.1 Å². The smallest absolute Gasteiger partial charge is 0.475 e. The maximum Gasteiger partial charge on any atom is 0.490 e. The second kappa shape index (κ2) is 31.6. The van der Waals surface area contributed by atoms with E-state index in [1.54, 1.807) is 60.8 Å². The van der Waals surface area contributed by atoms with Gasteiger partial charge in [0.15, 0.2) is 0 Å². The molecular formula is C51H67F3N10O12S2. The van der Waals surface area contributed by atoms with Gasteiger partial charge >= 0.3 is 12.1 Å². The average molecular weight is 1130 g/mol. The normalized spacial score (nSPS) is 21.8. The van der Waals surface area contributed by atoms with Crippen LogP contribution in [0.5, 0.6) is 0 Å². The van der Waals surface area contributed by atoms with Crippen molar-refractivity contribution in [2.24, 2.45) is 11.5 Å². The summed E-state index contributed by atoms with van der Waals surface area (Å²) < 4.78 is 31.7. The summed E-state index contributed by atoms with van der Waals surface area (Å²) in [6.45, 7) is 2.23. The number of aliphatic carboxylic acids is 1. The summed E-state index contributed by atoms with van der Waals surface area (Å²) in [6.07, 6.45) is -5.24. The zero-order chi connectivity index (χ0) is 57.5. The number of hydrogen-bond acceptors (Lipinski definition) is 15. The fraction of sp³-hybridized carbons (Fsp3) is 0.451. The number of carbonyl (C=O) groups is 8. The first-order valence-corrected chi connectivity index (χ1v) is 27.2. The van der Waals surface area contributed by atoms with Gasteiger partial charge < -0.3 is 74.1 Å². The molecule has 426 valence electrons. The Morgan fingerprint density at radius 2 is 1.28 bits per heavy atom. The van der Waals surface area contributed by atoms with Crippen LogP contribution in [0.1, 0.15) is 49.8 Å². The minimum atomic E-state index is -5.08. The first-order valence-electron chi connectivity index (χ1n) is 24.7. The van der Waals surface area contributed by atoms with Crippen LogP contribution in [0, 0.1) is 0 Å². The second-order valence-electron chi connectivity index (χ2n) is 18.3. The van der Waals surface area contributed by atoms with Gasteiger partial charge in [0.05, 0.1) is 30.9 Å². The van der Waals surface area contributed by atoms with E-state index in [4.69, 9.17) is 21.4 Å².